The summed E-state index contributed by atoms with van der Waals surface area (Å²) in [5.74, 6) is 0.927. The Hall–Kier alpha value is -3.03. The minimum atomic E-state index is -0.288. The number of aryl methyl sites for hydroxylation is 2. The second-order valence-electron chi connectivity index (χ2n) is 5.64. The standard InChI is InChI=1S/C16H15N5O3/c1-2-14-19-15(21-23-14)10-3-5-11-9(7-10)4-6-12(11)18-16(22)13-8-17-24-20-13/h3,5,7-8,12H,2,4,6H2,1H3,(H,18,22). The van der Waals surface area contributed by atoms with Gasteiger partial charge in [-0.25, -0.2) is 4.63 Å². The number of aromatic nitrogens is 4. The summed E-state index contributed by atoms with van der Waals surface area (Å²) in [7, 11) is 0. The van der Waals surface area contributed by atoms with Gasteiger partial charge in [0, 0.05) is 12.0 Å². The molecule has 8 heteroatoms. The molecule has 0 saturated heterocycles. The molecule has 0 bridgehead atoms. The van der Waals surface area contributed by atoms with Gasteiger partial charge in [0.1, 0.15) is 6.20 Å². The number of carbonyl (C=O) groups excluding carboxylic acids is 1. The predicted octanol–water partition coefficient (Wildman–Crippen LogP) is 2.10. The predicted molar refractivity (Wildman–Crippen MR) is 81.9 cm³/mol. The van der Waals surface area contributed by atoms with Gasteiger partial charge in [0.2, 0.25) is 11.7 Å². The van der Waals surface area contributed by atoms with Gasteiger partial charge in [-0.3, -0.25) is 4.79 Å². The van der Waals surface area contributed by atoms with Gasteiger partial charge in [-0.1, -0.05) is 29.4 Å². The Morgan fingerprint density at radius 3 is 3.04 bits per heavy atom. The molecule has 0 radical (unpaired) electrons. The number of hydrogen-bond donors (Lipinski definition) is 1. The summed E-state index contributed by atoms with van der Waals surface area (Å²) in [4.78, 5) is 16.4. The third-order valence-corrected chi connectivity index (χ3v) is 4.15. The summed E-state index contributed by atoms with van der Waals surface area (Å²) in [5, 5.41) is 14.0. The number of carbonyl (C=O) groups is 1. The van der Waals surface area contributed by atoms with Crippen molar-refractivity contribution in [2.75, 3.05) is 0 Å². The van der Waals surface area contributed by atoms with Crippen LogP contribution >= 0.6 is 0 Å². The normalized spacial score (nSPS) is 16.1. The van der Waals surface area contributed by atoms with E-state index in [1.165, 1.54) is 11.8 Å². The zero-order valence-electron chi connectivity index (χ0n) is 13.0. The van der Waals surface area contributed by atoms with Crippen LogP contribution in [-0.4, -0.2) is 26.4 Å². The highest BCUT2D eigenvalue weighted by Crippen LogP contribution is 2.33. The van der Waals surface area contributed by atoms with Crippen LogP contribution in [-0.2, 0) is 12.8 Å². The molecule has 3 aromatic rings. The van der Waals surface area contributed by atoms with E-state index in [4.69, 9.17) is 4.52 Å². The molecule has 0 aliphatic heterocycles. The van der Waals surface area contributed by atoms with Crippen molar-refractivity contribution >= 4 is 5.91 Å². The Morgan fingerprint density at radius 1 is 1.38 bits per heavy atom. The molecule has 1 aliphatic carbocycles. The second-order valence-corrected chi connectivity index (χ2v) is 5.64. The first-order valence-electron chi connectivity index (χ1n) is 7.79. The van der Waals surface area contributed by atoms with E-state index in [0.717, 1.165) is 24.0 Å². The van der Waals surface area contributed by atoms with Crippen molar-refractivity contribution in [1.82, 2.24) is 25.8 Å². The third-order valence-electron chi connectivity index (χ3n) is 4.15. The summed E-state index contributed by atoms with van der Waals surface area (Å²) in [5.41, 5.74) is 3.38. The van der Waals surface area contributed by atoms with E-state index in [1.54, 1.807) is 0 Å². The molecule has 0 fully saturated rings. The lowest BCUT2D eigenvalue weighted by Gasteiger charge is -2.13. The Bertz CT molecular complexity index is 872. The fourth-order valence-corrected chi connectivity index (χ4v) is 2.92. The SMILES string of the molecule is CCc1nc(-c2ccc3c(c2)CCC3NC(=O)c2cnon2)no1. The van der Waals surface area contributed by atoms with Crippen molar-refractivity contribution in [3.05, 3.63) is 47.1 Å². The molecule has 4 rings (SSSR count). The minimum absolute atomic E-state index is 0.0466. The zero-order chi connectivity index (χ0) is 16.5. The summed E-state index contributed by atoms with van der Waals surface area (Å²) in [6, 6.07) is 5.97. The largest absolute Gasteiger partial charge is 0.344 e. The van der Waals surface area contributed by atoms with Gasteiger partial charge in [0.25, 0.3) is 5.91 Å². The van der Waals surface area contributed by atoms with E-state index in [9.17, 15) is 4.79 Å². The molecular formula is C16H15N5O3. The van der Waals surface area contributed by atoms with E-state index < -0.39 is 0 Å². The van der Waals surface area contributed by atoms with Crippen LogP contribution in [0, 0.1) is 0 Å². The first-order valence-corrected chi connectivity index (χ1v) is 7.79. The summed E-state index contributed by atoms with van der Waals surface area (Å²) in [6.07, 6.45) is 3.73. The van der Waals surface area contributed by atoms with Crippen LogP contribution < -0.4 is 5.32 Å². The quantitative estimate of drug-likeness (QED) is 0.782. The van der Waals surface area contributed by atoms with Crippen LogP contribution in [0.1, 0.15) is 46.9 Å². The van der Waals surface area contributed by atoms with Gasteiger partial charge in [-0.15, -0.1) is 0 Å². The molecule has 1 unspecified atom stereocenters. The molecule has 2 heterocycles. The average Bonchev–Trinajstić information content (AvgIpc) is 3.35. The lowest BCUT2D eigenvalue weighted by molar-refractivity contribution is 0.0926. The molecule has 1 N–H and O–H groups in total. The van der Waals surface area contributed by atoms with Crippen LogP contribution in [0.3, 0.4) is 0 Å². The Kier molecular flexibility index (Phi) is 3.56. The maximum absolute atomic E-state index is 12.1. The number of benzene rings is 1. The molecule has 24 heavy (non-hydrogen) atoms. The fourth-order valence-electron chi connectivity index (χ4n) is 2.92. The molecule has 0 saturated carbocycles. The maximum Gasteiger partial charge on any atom is 0.275 e. The first kappa shape index (κ1) is 14.6. The van der Waals surface area contributed by atoms with E-state index >= 15 is 0 Å². The molecule has 1 amide bonds. The monoisotopic (exact) mass is 325 g/mol. The van der Waals surface area contributed by atoms with E-state index in [1.807, 2.05) is 19.1 Å². The topological polar surface area (TPSA) is 107 Å². The highest BCUT2D eigenvalue weighted by atomic mass is 16.6. The van der Waals surface area contributed by atoms with E-state index in [2.05, 4.69) is 36.5 Å². The van der Waals surface area contributed by atoms with Crippen LogP contribution in [0.2, 0.25) is 0 Å². The highest BCUT2D eigenvalue weighted by molar-refractivity contribution is 5.92. The van der Waals surface area contributed by atoms with Gasteiger partial charge in [-0.2, -0.15) is 4.98 Å². The Morgan fingerprint density at radius 2 is 2.29 bits per heavy atom. The third kappa shape index (κ3) is 2.55. The lowest BCUT2D eigenvalue weighted by Crippen LogP contribution is -2.27. The van der Waals surface area contributed by atoms with Crippen molar-refractivity contribution in [2.45, 2.75) is 32.2 Å². The van der Waals surface area contributed by atoms with Crippen molar-refractivity contribution in [3.63, 3.8) is 0 Å². The van der Waals surface area contributed by atoms with Crippen molar-refractivity contribution in [2.24, 2.45) is 0 Å². The molecule has 1 aliphatic rings. The van der Waals surface area contributed by atoms with Crippen LogP contribution in [0.5, 0.6) is 0 Å². The van der Waals surface area contributed by atoms with E-state index in [-0.39, 0.29) is 17.6 Å². The molecule has 122 valence electrons. The molecule has 1 atom stereocenters. The number of nitrogens with one attached hydrogen (secondary N) is 1. The van der Waals surface area contributed by atoms with Crippen molar-refractivity contribution in [1.29, 1.82) is 0 Å². The second kappa shape index (κ2) is 5.88. The van der Waals surface area contributed by atoms with Crippen LogP contribution in [0.25, 0.3) is 11.4 Å². The summed E-state index contributed by atoms with van der Waals surface area (Å²) >= 11 is 0. The summed E-state index contributed by atoms with van der Waals surface area (Å²) < 4.78 is 9.62. The first-order chi connectivity index (χ1) is 11.7. The van der Waals surface area contributed by atoms with E-state index in [0.29, 0.717) is 18.1 Å². The van der Waals surface area contributed by atoms with Gasteiger partial charge in [-0.05, 0) is 35.2 Å². The number of rotatable bonds is 4. The molecule has 0 spiro atoms. The lowest BCUT2D eigenvalue weighted by atomic mass is 10.0. The van der Waals surface area contributed by atoms with Gasteiger partial charge in [0.15, 0.2) is 5.69 Å². The summed E-state index contributed by atoms with van der Waals surface area (Å²) in [6.45, 7) is 1.97. The number of hydrogen-bond acceptors (Lipinski definition) is 7. The average molecular weight is 325 g/mol. The van der Waals surface area contributed by atoms with Crippen LogP contribution in [0.15, 0.2) is 33.5 Å². The Labute approximate surface area is 137 Å². The van der Waals surface area contributed by atoms with Gasteiger partial charge < -0.3 is 9.84 Å². The smallest absolute Gasteiger partial charge is 0.275 e. The zero-order valence-corrected chi connectivity index (χ0v) is 13.0. The maximum atomic E-state index is 12.1. The van der Waals surface area contributed by atoms with Crippen molar-refractivity contribution < 1.29 is 13.9 Å². The fraction of sp³-hybridized carbons (Fsp3) is 0.312. The van der Waals surface area contributed by atoms with Crippen LogP contribution in [0.4, 0.5) is 0 Å². The molecule has 1 aromatic carbocycles. The van der Waals surface area contributed by atoms with Crippen molar-refractivity contribution in [3.8, 4) is 11.4 Å². The number of nitrogens with zero attached hydrogens (tertiary/aromatic N) is 4. The minimum Gasteiger partial charge on any atom is -0.344 e. The number of fused-ring (bicyclic) bond motifs is 1. The van der Waals surface area contributed by atoms with Gasteiger partial charge in [0.05, 0.1) is 6.04 Å². The Balaban J connectivity index is 1.55. The molecule has 8 nitrogen and oxygen atoms in total. The highest BCUT2D eigenvalue weighted by Gasteiger charge is 2.26. The molecular weight excluding hydrogens is 310 g/mol. The number of amides is 1. The molecule has 2 aromatic heterocycles. The van der Waals surface area contributed by atoms with Gasteiger partial charge >= 0.3 is 0 Å².